The minimum atomic E-state index is -0.780. The molecule has 0 bridgehead atoms. The molecule has 1 saturated heterocycles. The second kappa shape index (κ2) is 6.60. The molecule has 1 fully saturated rings. The van der Waals surface area contributed by atoms with Crippen molar-refractivity contribution < 1.29 is 9.90 Å². The van der Waals surface area contributed by atoms with Gasteiger partial charge in [-0.25, -0.2) is 0 Å². The predicted octanol–water partition coefficient (Wildman–Crippen LogP) is 3.48. The largest absolute Gasteiger partial charge is 0.480 e. The molecule has 0 spiro atoms. The van der Waals surface area contributed by atoms with Crippen LogP contribution in [-0.2, 0) is 11.2 Å². The van der Waals surface area contributed by atoms with Crippen LogP contribution in [0.2, 0.25) is 10.0 Å². The molecule has 19 heavy (non-hydrogen) atoms. The van der Waals surface area contributed by atoms with Gasteiger partial charge in [-0.3, -0.25) is 9.69 Å². The quantitative estimate of drug-likeness (QED) is 0.925. The van der Waals surface area contributed by atoms with E-state index in [2.05, 4.69) is 0 Å². The fourth-order valence-corrected chi connectivity index (χ4v) is 3.13. The lowest BCUT2D eigenvalue weighted by molar-refractivity contribution is -0.143. The molecule has 0 radical (unpaired) electrons. The first kappa shape index (κ1) is 14.6. The normalized spacial score (nSPS) is 18.2. The van der Waals surface area contributed by atoms with E-state index in [0.717, 1.165) is 31.5 Å². The molecule has 2 rings (SSSR count). The van der Waals surface area contributed by atoms with E-state index in [1.807, 2.05) is 4.90 Å². The molecule has 0 aliphatic carbocycles. The minimum Gasteiger partial charge on any atom is -0.480 e. The van der Waals surface area contributed by atoms with Gasteiger partial charge in [-0.05, 0) is 56.1 Å². The van der Waals surface area contributed by atoms with Crippen molar-refractivity contribution in [3.05, 3.63) is 33.8 Å². The molecule has 0 saturated carbocycles. The van der Waals surface area contributed by atoms with Crippen molar-refractivity contribution >= 4 is 29.2 Å². The maximum absolute atomic E-state index is 11.5. The molecule has 1 aliphatic heterocycles. The lowest BCUT2D eigenvalue weighted by Crippen LogP contribution is -2.45. The highest BCUT2D eigenvalue weighted by atomic mass is 35.5. The number of rotatable bonds is 4. The molecular formula is C14H17Cl2NO2. The minimum absolute atomic E-state index is 0.440. The van der Waals surface area contributed by atoms with Crippen LogP contribution in [0.15, 0.2) is 18.2 Å². The molecule has 3 nitrogen and oxygen atoms in total. The highest BCUT2D eigenvalue weighted by Crippen LogP contribution is 2.22. The van der Waals surface area contributed by atoms with Crippen LogP contribution in [0.5, 0.6) is 0 Å². The molecule has 104 valence electrons. The highest BCUT2D eigenvalue weighted by Gasteiger charge is 2.27. The average molecular weight is 302 g/mol. The maximum atomic E-state index is 11.5. The van der Waals surface area contributed by atoms with Gasteiger partial charge in [0, 0.05) is 10.0 Å². The van der Waals surface area contributed by atoms with Crippen LogP contribution in [0.3, 0.4) is 0 Å². The first-order valence-corrected chi connectivity index (χ1v) is 7.23. The molecule has 1 aromatic rings. The van der Waals surface area contributed by atoms with Crippen molar-refractivity contribution in [2.45, 2.75) is 31.7 Å². The fourth-order valence-electron chi connectivity index (χ4n) is 2.55. The second-order valence-electron chi connectivity index (χ2n) is 4.93. The number of nitrogens with zero attached hydrogens (tertiary/aromatic N) is 1. The van der Waals surface area contributed by atoms with Gasteiger partial charge in [0.2, 0.25) is 0 Å². The second-order valence-corrected chi connectivity index (χ2v) is 5.81. The number of likely N-dealkylation sites (tertiary alicyclic amines) is 1. The van der Waals surface area contributed by atoms with Crippen LogP contribution in [0.1, 0.15) is 24.8 Å². The van der Waals surface area contributed by atoms with Gasteiger partial charge in [-0.2, -0.15) is 0 Å². The standard InChI is InChI=1S/C14H17Cl2NO2/c15-11-6-10(7-12(16)9-11)8-13(14(18)19)17-4-2-1-3-5-17/h6-7,9,13H,1-5,8H2,(H,18,19)/t13-/m0/s1. The molecule has 5 heteroatoms. The third-order valence-corrected chi connectivity index (χ3v) is 3.90. The third kappa shape index (κ3) is 4.10. The van der Waals surface area contributed by atoms with E-state index in [1.165, 1.54) is 6.42 Å². The summed E-state index contributed by atoms with van der Waals surface area (Å²) < 4.78 is 0. The monoisotopic (exact) mass is 301 g/mol. The van der Waals surface area contributed by atoms with Crippen LogP contribution in [0.25, 0.3) is 0 Å². The Balaban J connectivity index is 2.13. The Kier molecular flexibility index (Phi) is 5.08. The molecule has 1 aromatic carbocycles. The molecule has 1 N–H and O–H groups in total. The number of carbonyl (C=O) groups is 1. The summed E-state index contributed by atoms with van der Waals surface area (Å²) in [6.07, 6.45) is 3.77. The average Bonchev–Trinajstić information content (AvgIpc) is 2.35. The number of hydrogen-bond donors (Lipinski definition) is 1. The van der Waals surface area contributed by atoms with Gasteiger partial charge in [-0.15, -0.1) is 0 Å². The van der Waals surface area contributed by atoms with Gasteiger partial charge in [0.15, 0.2) is 0 Å². The lowest BCUT2D eigenvalue weighted by Gasteiger charge is -2.32. The van der Waals surface area contributed by atoms with Crippen LogP contribution < -0.4 is 0 Å². The van der Waals surface area contributed by atoms with Crippen LogP contribution in [0, 0.1) is 0 Å². The third-order valence-electron chi connectivity index (χ3n) is 3.47. The number of benzene rings is 1. The summed E-state index contributed by atoms with van der Waals surface area (Å²) in [7, 11) is 0. The summed E-state index contributed by atoms with van der Waals surface area (Å²) in [6.45, 7) is 1.70. The van der Waals surface area contributed by atoms with E-state index in [-0.39, 0.29) is 0 Å². The number of hydrogen-bond acceptors (Lipinski definition) is 2. The Morgan fingerprint density at radius 2 is 1.74 bits per heavy atom. The number of aliphatic carboxylic acids is 1. The van der Waals surface area contributed by atoms with Crippen LogP contribution >= 0.6 is 23.2 Å². The highest BCUT2D eigenvalue weighted by molar-refractivity contribution is 6.34. The molecule has 1 aliphatic rings. The first-order chi connectivity index (χ1) is 9.06. The number of halogens is 2. The van der Waals surface area contributed by atoms with E-state index in [1.54, 1.807) is 18.2 Å². The van der Waals surface area contributed by atoms with Gasteiger partial charge < -0.3 is 5.11 Å². The Morgan fingerprint density at radius 3 is 2.26 bits per heavy atom. The molecule has 1 atom stereocenters. The van der Waals surface area contributed by atoms with Crippen molar-refractivity contribution in [2.24, 2.45) is 0 Å². The summed E-state index contributed by atoms with van der Waals surface area (Å²) >= 11 is 11.9. The van der Waals surface area contributed by atoms with E-state index in [4.69, 9.17) is 23.2 Å². The number of carboxylic acid groups (broad SMARTS) is 1. The first-order valence-electron chi connectivity index (χ1n) is 6.48. The zero-order chi connectivity index (χ0) is 13.8. The van der Waals surface area contributed by atoms with Crippen LogP contribution in [-0.4, -0.2) is 35.1 Å². The predicted molar refractivity (Wildman–Crippen MR) is 77.0 cm³/mol. The van der Waals surface area contributed by atoms with Crippen molar-refractivity contribution in [3.8, 4) is 0 Å². The van der Waals surface area contributed by atoms with Gasteiger partial charge >= 0.3 is 5.97 Å². The zero-order valence-electron chi connectivity index (χ0n) is 10.6. The van der Waals surface area contributed by atoms with Gasteiger partial charge in [0.25, 0.3) is 0 Å². The molecule has 0 aromatic heterocycles. The Bertz CT molecular complexity index is 439. The molecule has 1 heterocycles. The smallest absolute Gasteiger partial charge is 0.321 e. The molecular weight excluding hydrogens is 285 g/mol. The summed E-state index contributed by atoms with van der Waals surface area (Å²) in [4.78, 5) is 13.5. The lowest BCUT2D eigenvalue weighted by atomic mass is 10.0. The van der Waals surface area contributed by atoms with Crippen LogP contribution in [0.4, 0.5) is 0 Å². The van der Waals surface area contributed by atoms with Crippen molar-refractivity contribution in [2.75, 3.05) is 13.1 Å². The Morgan fingerprint density at radius 1 is 1.16 bits per heavy atom. The van der Waals surface area contributed by atoms with Crippen molar-refractivity contribution in [3.63, 3.8) is 0 Å². The van der Waals surface area contributed by atoms with E-state index in [0.29, 0.717) is 16.5 Å². The molecule has 0 unspecified atom stereocenters. The summed E-state index contributed by atoms with van der Waals surface area (Å²) in [5.74, 6) is -0.780. The SMILES string of the molecule is O=C(O)[C@H](Cc1cc(Cl)cc(Cl)c1)N1CCCCC1. The summed E-state index contributed by atoms with van der Waals surface area (Å²) in [5.41, 5.74) is 0.871. The Hall–Kier alpha value is -0.770. The van der Waals surface area contributed by atoms with Gasteiger partial charge in [-0.1, -0.05) is 29.6 Å². The van der Waals surface area contributed by atoms with E-state index in [9.17, 15) is 9.90 Å². The topological polar surface area (TPSA) is 40.5 Å². The maximum Gasteiger partial charge on any atom is 0.321 e. The number of carboxylic acids is 1. The van der Waals surface area contributed by atoms with E-state index >= 15 is 0 Å². The summed E-state index contributed by atoms with van der Waals surface area (Å²) in [5, 5.41) is 10.5. The van der Waals surface area contributed by atoms with Crippen molar-refractivity contribution in [1.29, 1.82) is 0 Å². The van der Waals surface area contributed by atoms with Gasteiger partial charge in [0.05, 0.1) is 0 Å². The zero-order valence-corrected chi connectivity index (χ0v) is 12.1. The van der Waals surface area contributed by atoms with Crippen molar-refractivity contribution in [1.82, 2.24) is 4.90 Å². The Labute approximate surface area is 123 Å². The van der Waals surface area contributed by atoms with Gasteiger partial charge in [0.1, 0.15) is 6.04 Å². The summed E-state index contributed by atoms with van der Waals surface area (Å²) in [6, 6.07) is 4.74. The van der Waals surface area contributed by atoms with E-state index < -0.39 is 12.0 Å². The molecule has 0 amide bonds. The number of piperidine rings is 1. The fraction of sp³-hybridized carbons (Fsp3) is 0.500.